The summed E-state index contributed by atoms with van der Waals surface area (Å²) >= 11 is 6.07. The normalized spacial score (nSPS) is 19.8. The molecule has 1 N–H and O–H groups in total. The number of fused-ring (bicyclic) bond motifs is 2. The lowest BCUT2D eigenvalue weighted by atomic mass is 10.1. The first-order valence-corrected chi connectivity index (χ1v) is 7.84. The molecule has 1 unspecified atom stereocenters. The van der Waals surface area contributed by atoms with Gasteiger partial charge in [-0.25, -0.2) is 0 Å². The zero-order valence-electron chi connectivity index (χ0n) is 11.5. The van der Waals surface area contributed by atoms with Crippen LogP contribution in [-0.2, 0) is 19.3 Å². The molecule has 4 rings (SSSR count). The molecule has 0 heterocycles. The Morgan fingerprint density at radius 1 is 0.900 bits per heavy atom. The number of halogens is 1. The maximum Gasteiger partial charge on any atom is 0.0519 e. The molecule has 2 aromatic rings. The van der Waals surface area contributed by atoms with Crippen LogP contribution in [-0.4, -0.2) is 0 Å². The second-order valence-electron chi connectivity index (χ2n) is 5.92. The van der Waals surface area contributed by atoms with Crippen molar-refractivity contribution in [1.29, 1.82) is 0 Å². The van der Waals surface area contributed by atoms with Crippen molar-refractivity contribution in [2.45, 2.75) is 38.1 Å². The van der Waals surface area contributed by atoms with E-state index < -0.39 is 0 Å². The molecule has 0 aromatic heterocycles. The summed E-state index contributed by atoms with van der Waals surface area (Å²) in [6.07, 6.45) is 6.08. The highest BCUT2D eigenvalue weighted by atomic mass is 35.5. The highest BCUT2D eigenvalue weighted by Gasteiger charge is 2.22. The van der Waals surface area contributed by atoms with Crippen molar-refractivity contribution in [1.82, 2.24) is 0 Å². The minimum Gasteiger partial charge on any atom is -0.378 e. The molecule has 0 saturated heterocycles. The van der Waals surface area contributed by atoms with E-state index >= 15 is 0 Å². The topological polar surface area (TPSA) is 12.0 Å². The molecule has 0 fully saturated rings. The molecule has 0 radical (unpaired) electrons. The third-order valence-corrected chi connectivity index (χ3v) is 4.86. The zero-order valence-corrected chi connectivity index (χ0v) is 12.2. The fraction of sp³-hybridized carbons (Fsp3) is 0.333. The second kappa shape index (κ2) is 4.82. The molecular formula is C18H18ClN. The Bertz CT molecular complexity index is 662. The van der Waals surface area contributed by atoms with Gasteiger partial charge in [0.05, 0.1) is 6.04 Å². The average molecular weight is 284 g/mol. The van der Waals surface area contributed by atoms with Crippen molar-refractivity contribution in [2.75, 3.05) is 5.32 Å². The fourth-order valence-electron chi connectivity index (χ4n) is 3.60. The molecule has 0 spiro atoms. The first-order valence-electron chi connectivity index (χ1n) is 7.46. The van der Waals surface area contributed by atoms with Gasteiger partial charge in [0.25, 0.3) is 0 Å². The molecule has 2 aliphatic rings. The number of nitrogens with one attached hydrogen (secondary N) is 1. The molecule has 20 heavy (non-hydrogen) atoms. The maximum atomic E-state index is 6.07. The first kappa shape index (κ1) is 12.3. The number of aryl methyl sites for hydroxylation is 3. The molecule has 0 aliphatic heterocycles. The molecule has 2 aromatic carbocycles. The van der Waals surface area contributed by atoms with Crippen LogP contribution in [0.5, 0.6) is 0 Å². The Morgan fingerprint density at radius 3 is 2.75 bits per heavy atom. The molecule has 2 heteroatoms. The average Bonchev–Trinajstić information content (AvgIpc) is 3.05. The van der Waals surface area contributed by atoms with Crippen LogP contribution in [0.25, 0.3) is 0 Å². The summed E-state index contributed by atoms with van der Waals surface area (Å²) in [5.41, 5.74) is 7.14. The third kappa shape index (κ3) is 2.10. The van der Waals surface area contributed by atoms with E-state index in [1.807, 2.05) is 6.07 Å². The van der Waals surface area contributed by atoms with Gasteiger partial charge >= 0.3 is 0 Å². The highest BCUT2D eigenvalue weighted by Crippen LogP contribution is 2.36. The van der Waals surface area contributed by atoms with Crippen molar-refractivity contribution in [3.63, 3.8) is 0 Å². The Morgan fingerprint density at radius 2 is 1.80 bits per heavy atom. The lowest BCUT2D eigenvalue weighted by Crippen LogP contribution is -2.07. The van der Waals surface area contributed by atoms with Gasteiger partial charge in [-0.3, -0.25) is 0 Å². The smallest absolute Gasteiger partial charge is 0.0519 e. The standard InChI is InChI=1S/C18H18ClN/c19-15-6-8-17-14(10-15)5-9-18(17)20-16-7-4-12-2-1-3-13(12)11-16/h4,6-8,10-11,18,20H,1-3,5,9H2. The summed E-state index contributed by atoms with van der Waals surface area (Å²) in [7, 11) is 0. The molecule has 1 atom stereocenters. The van der Waals surface area contributed by atoms with Crippen LogP contribution in [0.4, 0.5) is 5.69 Å². The summed E-state index contributed by atoms with van der Waals surface area (Å²) in [6, 6.07) is 13.6. The van der Waals surface area contributed by atoms with Crippen molar-refractivity contribution in [3.05, 3.63) is 63.7 Å². The van der Waals surface area contributed by atoms with Gasteiger partial charge in [-0.2, -0.15) is 0 Å². The Hall–Kier alpha value is -1.47. The van der Waals surface area contributed by atoms with Crippen LogP contribution in [0.2, 0.25) is 5.02 Å². The van der Waals surface area contributed by atoms with Gasteiger partial charge in [0.15, 0.2) is 0 Å². The number of benzene rings is 2. The molecular weight excluding hydrogens is 266 g/mol. The van der Waals surface area contributed by atoms with E-state index in [1.165, 1.54) is 47.2 Å². The van der Waals surface area contributed by atoms with Gasteiger partial charge in [-0.1, -0.05) is 23.7 Å². The van der Waals surface area contributed by atoms with Crippen molar-refractivity contribution in [2.24, 2.45) is 0 Å². The molecule has 0 saturated carbocycles. The molecule has 0 bridgehead atoms. The Labute approximate surface area is 125 Å². The van der Waals surface area contributed by atoms with Crippen LogP contribution in [0.3, 0.4) is 0 Å². The SMILES string of the molecule is Clc1ccc2c(c1)CCC2Nc1ccc2c(c1)CCC2. The van der Waals surface area contributed by atoms with E-state index in [9.17, 15) is 0 Å². The van der Waals surface area contributed by atoms with Crippen molar-refractivity contribution >= 4 is 17.3 Å². The first-order chi connectivity index (χ1) is 9.79. The minimum atomic E-state index is 0.432. The number of hydrogen-bond acceptors (Lipinski definition) is 1. The molecule has 102 valence electrons. The predicted molar refractivity (Wildman–Crippen MR) is 84.6 cm³/mol. The van der Waals surface area contributed by atoms with Crippen molar-refractivity contribution < 1.29 is 0 Å². The quantitative estimate of drug-likeness (QED) is 0.824. The second-order valence-corrected chi connectivity index (χ2v) is 6.35. The number of hydrogen-bond donors (Lipinski definition) is 1. The van der Waals surface area contributed by atoms with E-state index in [0.717, 1.165) is 17.9 Å². The number of anilines is 1. The highest BCUT2D eigenvalue weighted by molar-refractivity contribution is 6.30. The monoisotopic (exact) mass is 283 g/mol. The van der Waals surface area contributed by atoms with Crippen LogP contribution >= 0.6 is 11.6 Å². The lowest BCUT2D eigenvalue weighted by Gasteiger charge is -2.16. The minimum absolute atomic E-state index is 0.432. The van der Waals surface area contributed by atoms with Gasteiger partial charge in [0.1, 0.15) is 0 Å². The molecule has 2 aliphatic carbocycles. The van der Waals surface area contributed by atoms with Crippen LogP contribution in [0.1, 0.15) is 41.1 Å². The van der Waals surface area contributed by atoms with Gasteiger partial charge in [0.2, 0.25) is 0 Å². The number of rotatable bonds is 2. The van der Waals surface area contributed by atoms with E-state index in [-0.39, 0.29) is 0 Å². The molecule has 1 nitrogen and oxygen atoms in total. The third-order valence-electron chi connectivity index (χ3n) is 4.62. The van der Waals surface area contributed by atoms with E-state index in [1.54, 1.807) is 0 Å². The van der Waals surface area contributed by atoms with Crippen molar-refractivity contribution in [3.8, 4) is 0 Å². The summed E-state index contributed by atoms with van der Waals surface area (Å²) in [6.45, 7) is 0. The van der Waals surface area contributed by atoms with E-state index in [4.69, 9.17) is 11.6 Å². The predicted octanol–water partition coefficient (Wildman–Crippen LogP) is 4.93. The van der Waals surface area contributed by atoms with Gasteiger partial charge < -0.3 is 5.32 Å². The molecule has 0 amide bonds. The van der Waals surface area contributed by atoms with E-state index in [2.05, 4.69) is 35.6 Å². The van der Waals surface area contributed by atoms with E-state index in [0.29, 0.717) is 6.04 Å². The largest absolute Gasteiger partial charge is 0.378 e. The Kier molecular flexibility index (Phi) is 2.96. The summed E-state index contributed by atoms with van der Waals surface area (Å²) in [5.74, 6) is 0. The van der Waals surface area contributed by atoms with Crippen LogP contribution in [0, 0.1) is 0 Å². The van der Waals surface area contributed by atoms with Crippen LogP contribution in [0.15, 0.2) is 36.4 Å². The Balaban J connectivity index is 1.59. The maximum absolute atomic E-state index is 6.07. The summed E-state index contributed by atoms with van der Waals surface area (Å²) < 4.78 is 0. The van der Waals surface area contributed by atoms with Gasteiger partial charge in [0, 0.05) is 10.7 Å². The summed E-state index contributed by atoms with van der Waals surface area (Å²) in [5, 5.41) is 4.55. The lowest BCUT2D eigenvalue weighted by molar-refractivity contribution is 0.762. The van der Waals surface area contributed by atoms with Gasteiger partial charge in [-0.05, 0) is 78.6 Å². The summed E-state index contributed by atoms with van der Waals surface area (Å²) in [4.78, 5) is 0. The zero-order chi connectivity index (χ0) is 13.5. The van der Waals surface area contributed by atoms with Gasteiger partial charge in [-0.15, -0.1) is 0 Å². The van der Waals surface area contributed by atoms with Crippen LogP contribution < -0.4 is 5.32 Å². The fourth-order valence-corrected chi connectivity index (χ4v) is 3.79.